The second-order valence-corrected chi connectivity index (χ2v) is 7.72. The first-order chi connectivity index (χ1) is 13.2. The highest BCUT2D eigenvalue weighted by Gasteiger charge is 2.23. The Kier molecular flexibility index (Phi) is 6.95. The highest BCUT2D eigenvalue weighted by molar-refractivity contribution is 7.14. The van der Waals surface area contributed by atoms with Crippen LogP contribution >= 0.6 is 11.3 Å². The SMILES string of the molecule is CNCCC1CCN(C(=O)Cc2csc(NC(=O)c3ccccc3)n2)CC1. The lowest BCUT2D eigenvalue weighted by molar-refractivity contribution is -0.131. The summed E-state index contributed by atoms with van der Waals surface area (Å²) in [6, 6.07) is 9.03. The molecule has 3 rings (SSSR count). The maximum Gasteiger partial charge on any atom is 0.257 e. The summed E-state index contributed by atoms with van der Waals surface area (Å²) in [4.78, 5) is 31.0. The van der Waals surface area contributed by atoms with Crippen molar-refractivity contribution in [2.75, 3.05) is 32.0 Å². The monoisotopic (exact) mass is 386 g/mol. The van der Waals surface area contributed by atoms with Gasteiger partial charge >= 0.3 is 0 Å². The maximum absolute atomic E-state index is 12.5. The van der Waals surface area contributed by atoms with E-state index in [2.05, 4.69) is 15.6 Å². The van der Waals surface area contributed by atoms with Gasteiger partial charge < -0.3 is 10.2 Å². The van der Waals surface area contributed by atoms with E-state index in [1.54, 1.807) is 12.1 Å². The molecule has 7 heteroatoms. The molecule has 2 heterocycles. The van der Waals surface area contributed by atoms with Gasteiger partial charge in [-0.05, 0) is 50.9 Å². The Bertz CT molecular complexity index is 754. The Morgan fingerprint density at radius 1 is 1.22 bits per heavy atom. The van der Waals surface area contributed by atoms with Crippen LogP contribution in [0.25, 0.3) is 0 Å². The van der Waals surface area contributed by atoms with Crippen LogP contribution in [0.1, 0.15) is 35.3 Å². The largest absolute Gasteiger partial charge is 0.342 e. The zero-order valence-corrected chi connectivity index (χ0v) is 16.4. The highest BCUT2D eigenvalue weighted by Crippen LogP contribution is 2.22. The molecule has 1 fully saturated rings. The number of aromatic nitrogens is 1. The van der Waals surface area contributed by atoms with Crippen LogP contribution in [-0.2, 0) is 11.2 Å². The van der Waals surface area contributed by atoms with E-state index in [9.17, 15) is 9.59 Å². The van der Waals surface area contributed by atoms with Crippen LogP contribution in [0.3, 0.4) is 0 Å². The zero-order chi connectivity index (χ0) is 19.1. The number of hydrogen-bond acceptors (Lipinski definition) is 5. The third-order valence-corrected chi connectivity index (χ3v) is 5.72. The van der Waals surface area contributed by atoms with E-state index in [1.807, 2.05) is 35.5 Å². The molecule has 144 valence electrons. The number of carbonyl (C=O) groups is 2. The first-order valence-corrected chi connectivity index (χ1v) is 10.3. The molecule has 0 saturated carbocycles. The number of carbonyl (C=O) groups excluding carboxylic acids is 2. The quantitative estimate of drug-likeness (QED) is 0.767. The lowest BCUT2D eigenvalue weighted by Crippen LogP contribution is -2.39. The van der Waals surface area contributed by atoms with Crippen molar-refractivity contribution in [3.63, 3.8) is 0 Å². The van der Waals surface area contributed by atoms with Crippen LogP contribution in [0.2, 0.25) is 0 Å². The predicted molar refractivity (Wildman–Crippen MR) is 108 cm³/mol. The number of benzene rings is 1. The van der Waals surface area contributed by atoms with E-state index in [0.717, 1.165) is 32.5 Å². The van der Waals surface area contributed by atoms with Crippen LogP contribution in [0.4, 0.5) is 5.13 Å². The van der Waals surface area contributed by atoms with Gasteiger partial charge in [0.1, 0.15) is 0 Å². The summed E-state index contributed by atoms with van der Waals surface area (Å²) in [6.07, 6.45) is 3.61. The molecule has 0 aliphatic carbocycles. The molecule has 2 aromatic rings. The lowest BCUT2D eigenvalue weighted by atomic mass is 9.93. The fourth-order valence-corrected chi connectivity index (χ4v) is 4.00. The van der Waals surface area contributed by atoms with Crippen LogP contribution in [-0.4, -0.2) is 48.4 Å². The molecule has 2 N–H and O–H groups in total. The summed E-state index contributed by atoms with van der Waals surface area (Å²) in [5.41, 5.74) is 1.30. The number of thiazole rings is 1. The van der Waals surface area contributed by atoms with Crippen LogP contribution in [0, 0.1) is 5.92 Å². The van der Waals surface area contributed by atoms with E-state index in [1.165, 1.54) is 17.8 Å². The van der Waals surface area contributed by atoms with Crippen LogP contribution < -0.4 is 10.6 Å². The third-order valence-electron chi connectivity index (χ3n) is 4.91. The molecule has 0 bridgehead atoms. The molecule has 1 saturated heterocycles. The number of rotatable bonds is 7. The average Bonchev–Trinajstić information content (AvgIpc) is 3.14. The zero-order valence-electron chi connectivity index (χ0n) is 15.6. The van der Waals surface area contributed by atoms with Gasteiger partial charge in [-0.1, -0.05) is 18.2 Å². The minimum absolute atomic E-state index is 0.119. The Morgan fingerprint density at radius 2 is 1.96 bits per heavy atom. The minimum atomic E-state index is -0.188. The van der Waals surface area contributed by atoms with E-state index in [4.69, 9.17) is 0 Å². The van der Waals surface area contributed by atoms with Crippen molar-refractivity contribution in [2.24, 2.45) is 5.92 Å². The van der Waals surface area contributed by atoms with Gasteiger partial charge in [0.15, 0.2) is 5.13 Å². The molecule has 0 unspecified atom stereocenters. The first-order valence-electron chi connectivity index (χ1n) is 9.39. The topological polar surface area (TPSA) is 74.3 Å². The Labute approximate surface area is 164 Å². The van der Waals surface area contributed by atoms with Gasteiger partial charge in [0.05, 0.1) is 12.1 Å². The third kappa shape index (κ3) is 5.61. The summed E-state index contributed by atoms with van der Waals surface area (Å²) in [5.74, 6) is 0.639. The van der Waals surface area contributed by atoms with E-state index in [-0.39, 0.29) is 11.8 Å². The highest BCUT2D eigenvalue weighted by atomic mass is 32.1. The molecular weight excluding hydrogens is 360 g/mol. The van der Waals surface area contributed by atoms with Crippen molar-refractivity contribution < 1.29 is 9.59 Å². The fourth-order valence-electron chi connectivity index (χ4n) is 3.29. The van der Waals surface area contributed by atoms with E-state index in [0.29, 0.717) is 28.7 Å². The standard InChI is InChI=1S/C20H26N4O2S/c1-21-10-7-15-8-11-24(12-9-15)18(25)13-17-14-27-20(22-17)23-19(26)16-5-3-2-4-6-16/h2-6,14-15,21H,7-13H2,1H3,(H,22,23,26). The van der Waals surface area contributed by atoms with Gasteiger partial charge in [-0.2, -0.15) is 0 Å². The summed E-state index contributed by atoms with van der Waals surface area (Å²) in [6.45, 7) is 2.69. The maximum atomic E-state index is 12.5. The van der Waals surface area contributed by atoms with Crippen molar-refractivity contribution in [3.05, 3.63) is 47.0 Å². The molecule has 27 heavy (non-hydrogen) atoms. The number of hydrogen-bond donors (Lipinski definition) is 2. The Balaban J connectivity index is 1.48. The molecule has 1 aliphatic rings. The fraction of sp³-hybridized carbons (Fsp3) is 0.450. The number of nitrogens with one attached hydrogen (secondary N) is 2. The minimum Gasteiger partial charge on any atom is -0.342 e. The summed E-state index contributed by atoms with van der Waals surface area (Å²) in [7, 11) is 1.98. The van der Waals surface area contributed by atoms with Gasteiger partial charge in [-0.25, -0.2) is 4.98 Å². The van der Waals surface area contributed by atoms with Crippen molar-refractivity contribution in [2.45, 2.75) is 25.7 Å². The smallest absolute Gasteiger partial charge is 0.257 e. The van der Waals surface area contributed by atoms with Gasteiger partial charge in [0, 0.05) is 24.0 Å². The van der Waals surface area contributed by atoms with Crippen LogP contribution in [0.5, 0.6) is 0 Å². The van der Waals surface area contributed by atoms with Crippen molar-refractivity contribution in [1.82, 2.24) is 15.2 Å². The number of likely N-dealkylation sites (tertiary alicyclic amines) is 1. The molecule has 1 aromatic carbocycles. The number of piperidine rings is 1. The van der Waals surface area contributed by atoms with Gasteiger partial charge in [0.2, 0.25) is 5.91 Å². The first kappa shape index (κ1) is 19.5. The predicted octanol–water partition coefficient (Wildman–Crippen LogP) is 2.79. The summed E-state index contributed by atoms with van der Waals surface area (Å²) < 4.78 is 0. The number of amides is 2. The number of nitrogens with zero attached hydrogens (tertiary/aromatic N) is 2. The average molecular weight is 387 g/mol. The Morgan fingerprint density at radius 3 is 2.67 bits per heavy atom. The molecule has 6 nitrogen and oxygen atoms in total. The molecule has 0 atom stereocenters. The van der Waals surface area contributed by atoms with E-state index < -0.39 is 0 Å². The summed E-state index contributed by atoms with van der Waals surface area (Å²) >= 11 is 1.35. The molecule has 1 aromatic heterocycles. The second-order valence-electron chi connectivity index (χ2n) is 6.86. The van der Waals surface area contributed by atoms with Gasteiger partial charge in [-0.15, -0.1) is 11.3 Å². The van der Waals surface area contributed by atoms with Crippen molar-refractivity contribution >= 4 is 28.3 Å². The van der Waals surface area contributed by atoms with Gasteiger partial charge in [-0.3, -0.25) is 14.9 Å². The second kappa shape index (κ2) is 9.62. The lowest BCUT2D eigenvalue weighted by Gasteiger charge is -2.32. The summed E-state index contributed by atoms with van der Waals surface area (Å²) in [5, 5.41) is 8.36. The van der Waals surface area contributed by atoms with Crippen LogP contribution in [0.15, 0.2) is 35.7 Å². The normalized spacial score (nSPS) is 14.9. The molecule has 0 radical (unpaired) electrons. The van der Waals surface area contributed by atoms with Gasteiger partial charge in [0.25, 0.3) is 5.91 Å². The molecule has 2 amide bonds. The molecule has 0 spiro atoms. The Hall–Kier alpha value is -2.25. The van der Waals surface area contributed by atoms with Crippen molar-refractivity contribution in [1.29, 1.82) is 0 Å². The van der Waals surface area contributed by atoms with Crippen molar-refractivity contribution in [3.8, 4) is 0 Å². The number of anilines is 1. The molecular formula is C20H26N4O2S. The molecule has 1 aliphatic heterocycles. The van der Waals surface area contributed by atoms with E-state index >= 15 is 0 Å².